The molecule has 2 saturated carbocycles. The van der Waals surface area contributed by atoms with Crippen molar-refractivity contribution >= 4 is 46.2 Å². The molecule has 1 amide bonds. The Morgan fingerprint density at radius 2 is 1.32 bits per heavy atom. The summed E-state index contributed by atoms with van der Waals surface area (Å²) in [6.45, 7) is 20.1. The topological polar surface area (TPSA) is 193 Å². The fourth-order valence-corrected chi connectivity index (χ4v) is 18.5. The lowest BCUT2D eigenvalue weighted by molar-refractivity contribution is -0.344. The minimum atomic E-state index is -2.72. The SMILES string of the molecule is CC[Si](CC)(CC)O[C@H]1C[C@H]2OC[C@@]2(OC(C)=O)[C@H]2[C@H](OC(=O)c3ccccc3)[C@]3(O)C[C@H](OC(=O)[C@H](O[Si](CC)(CC)CC)[C@@H](NC(=O)c4ccccc4)c4ccccc4)C(C)=C([C@@H](O)C(=O)[C@]12C)C3(C)C. The zero-order valence-electron chi connectivity index (χ0n) is 44.5. The summed E-state index contributed by atoms with van der Waals surface area (Å²) in [5.74, 6) is -4.85. The molecule has 3 aromatic carbocycles. The summed E-state index contributed by atoms with van der Waals surface area (Å²) in [6.07, 6.45) is -8.42. The smallest absolute Gasteiger partial charge is 0.338 e. The fourth-order valence-electron chi connectivity index (χ4n) is 12.8. The molecule has 3 aromatic rings. The van der Waals surface area contributed by atoms with Gasteiger partial charge in [0.15, 0.2) is 34.1 Å². The summed E-state index contributed by atoms with van der Waals surface area (Å²) in [5.41, 5.74) is -5.76. The van der Waals surface area contributed by atoms with E-state index in [1.807, 2.05) is 39.0 Å². The summed E-state index contributed by atoms with van der Waals surface area (Å²) in [4.78, 5) is 74.0. The van der Waals surface area contributed by atoms with Gasteiger partial charge >= 0.3 is 17.9 Å². The van der Waals surface area contributed by atoms with Gasteiger partial charge in [-0.25, -0.2) is 9.59 Å². The van der Waals surface area contributed by atoms with Gasteiger partial charge in [0.2, 0.25) is 0 Å². The maximum absolute atomic E-state index is 16.1. The van der Waals surface area contributed by atoms with Crippen LogP contribution in [-0.2, 0) is 42.2 Å². The third-order valence-corrected chi connectivity index (χ3v) is 27.1. The van der Waals surface area contributed by atoms with Crippen LogP contribution in [0, 0.1) is 16.7 Å². The van der Waals surface area contributed by atoms with Crippen LogP contribution in [0.15, 0.2) is 102 Å². The molecule has 0 unspecified atom stereocenters. The predicted molar refractivity (Wildman–Crippen MR) is 280 cm³/mol. The highest BCUT2D eigenvalue weighted by Crippen LogP contribution is 2.65. The molecule has 0 radical (unpaired) electrons. The molecule has 1 saturated heterocycles. The zero-order chi connectivity index (χ0) is 53.3. The largest absolute Gasteiger partial charge is 0.456 e. The highest BCUT2D eigenvalue weighted by Gasteiger charge is 2.78. The molecule has 7 rings (SSSR count). The Morgan fingerprint density at radius 1 is 0.781 bits per heavy atom. The molecule has 0 aromatic heterocycles. The number of carbonyl (C=O) groups is 5. The molecule has 73 heavy (non-hydrogen) atoms. The number of aliphatic hydroxyl groups is 2. The van der Waals surface area contributed by atoms with E-state index in [2.05, 4.69) is 26.1 Å². The van der Waals surface area contributed by atoms with E-state index in [1.54, 1.807) is 100 Å². The summed E-state index contributed by atoms with van der Waals surface area (Å²) >= 11 is 0. The molecule has 14 nitrogen and oxygen atoms in total. The quantitative estimate of drug-likeness (QED) is 0.0446. The molecule has 3 fully saturated rings. The van der Waals surface area contributed by atoms with Crippen LogP contribution in [0.5, 0.6) is 0 Å². The van der Waals surface area contributed by atoms with E-state index in [0.717, 1.165) is 18.1 Å². The van der Waals surface area contributed by atoms with Crippen molar-refractivity contribution in [2.45, 2.75) is 179 Å². The standard InChI is InChI=1S/C57H77NO13Si2/c1-12-72(13-2,14-3)70-42-33-43-56(35-66-43,69-37(8)59)48-50(68-52(63)40-31-25-20-26-32-40)57(65)34-41(36(7)44(54(57,9)10)46(60)49(61)55(42,48)11)67-53(64)47(71-73(15-4,16-5)17-6)45(38-27-21-18-22-28-38)58-51(62)39-29-23-19-24-30-39/h18-32,41-43,45-48,50,60,65H,12-17,33-35H2,1-11H3,(H,58,62)/t41-,42-,43+,45-,46+,47+,48-,50-,55+,56-,57+/m0/s1. The number of Topliss-reactive ketones (excluding diaryl/α,β-unsaturated/α-hetero) is 1. The van der Waals surface area contributed by atoms with Gasteiger partial charge in [-0.2, -0.15) is 0 Å². The van der Waals surface area contributed by atoms with E-state index in [1.165, 1.54) is 6.92 Å². The average molecular weight is 1040 g/mol. The minimum Gasteiger partial charge on any atom is -0.456 e. The molecule has 1 heterocycles. The highest BCUT2D eigenvalue weighted by molar-refractivity contribution is 6.74. The Bertz CT molecular complexity index is 2500. The van der Waals surface area contributed by atoms with Gasteiger partial charge in [-0.05, 0) is 91.1 Å². The average Bonchev–Trinajstić information content (AvgIpc) is 3.39. The first kappa shape index (κ1) is 55.9. The summed E-state index contributed by atoms with van der Waals surface area (Å²) in [7, 11) is -5.31. The second-order valence-corrected chi connectivity index (χ2v) is 30.9. The van der Waals surface area contributed by atoms with Crippen molar-refractivity contribution in [1.29, 1.82) is 0 Å². The number of esters is 3. The van der Waals surface area contributed by atoms with Gasteiger partial charge in [-0.15, -0.1) is 0 Å². The number of fused-ring (bicyclic) bond motifs is 5. The lowest BCUT2D eigenvalue weighted by atomic mass is 9.44. The van der Waals surface area contributed by atoms with Crippen molar-refractivity contribution in [1.82, 2.24) is 5.32 Å². The van der Waals surface area contributed by atoms with Gasteiger partial charge in [0.1, 0.15) is 30.0 Å². The highest BCUT2D eigenvalue weighted by atomic mass is 28.4. The second kappa shape index (κ2) is 21.8. The monoisotopic (exact) mass is 1040 g/mol. The van der Waals surface area contributed by atoms with Crippen molar-refractivity contribution in [3.63, 3.8) is 0 Å². The molecule has 0 spiro atoms. The predicted octanol–water partition coefficient (Wildman–Crippen LogP) is 9.22. The van der Waals surface area contributed by atoms with Crippen LogP contribution in [0.1, 0.15) is 121 Å². The molecule has 2 bridgehead atoms. The van der Waals surface area contributed by atoms with Crippen molar-refractivity contribution < 1.29 is 62.0 Å². The van der Waals surface area contributed by atoms with Crippen LogP contribution >= 0.6 is 0 Å². The van der Waals surface area contributed by atoms with Gasteiger partial charge in [-0.1, -0.05) is 122 Å². The first-order chi connectivity index (χ1) is 34.6. The van der Waals surface area contributed by atoms with Crippen molar-refractivity contribution in [3.8, 4) is 0 Å². The van der Waals surface area contributed by atoms with Crippen LogP contribution < -0.4 is 5.32 Å². The fraction of sp³-hybridized carbons (Fsp3) is 0.561. The van der Waals surface area contributed by atoms with Gasteiger partial charge in [-0.3, -0.25) is 14.4 Å². The molecule has 4 aliphatic rings. The maximum Gasteiger partial charge on any atom is 0.338 e. The lowest BCUT2D eigenvalue weighted by Crippen LogP contribution is -2.82. The molecule has 1 aliphatic heterocycles. The van der Waals surface area contributed by atoms with Gasteiger partial charge < -0.3 is 43.3 Å². The number of hydrogen-bond donors (Lipinski definition) is 3. The number of rotatable bonds is 19. The van der Waals surface area contributed by atoms with E-state index < -0.39 is 123 Å². The number of aliphatic hydroxyl groups excluding tert-OH is 1. The molecule has 11 atom stereocenters. The second-order valence-electron chi connectivity index (χ2n) is 21.4. The first-order valence-corrected chi connectivity index (χ1v) is 31.4. The summed E-state index contributed by atoms with van der Waals surface area (Å²) in [5, 5.41) is 30.4. The van der Waals surface area contributed by atoms with E-state index in [-0.39, 0.29) is 24.2 Å². The molecule has 396 valence electrons. The van der Waals surface area contributed by atoms with Crippen LogP contribution in [-0.4, -0.2) is 111 Å². The van der Waals surface area contributed by atoms with Crippen molar-refractivity contribution in [3.05, 3.63) is 119 Å². The molecule has 3 aliphatic carbocycles. The van der Waals surface area contributed by atoms with Gasteiger partial charge in [0.05, 0.1) is 35.6 Å². The van der Waals surface area contributed by atoms with Crippen molar-refractivity contribution in [2.75, 3.05) is 6.61 Å². The van der Waals surface area contributed by atoms with Crippen molar-refractivity contribution in [2.24, 2.45) is 16.7 Å². The first-order valence-electron chi connectivity index (χ1n) is 26.3. The number of nitrogens with one attached hydrogen (secondary N) is 1. The number of amides is 1. The van der Waals surface area contributed by atoms with E-state index in [9.17, 15) is 24.6 Å². The Hall–Kier alpha value is -4.82. The van der Waals surface area contributed by atoms with Gasteiger partial charge in [0.25, 0.3) is 5.91 Å². The Morgan fingerprint density at radius 3 is 1.82 bits per heavy atom. The normalized spacial score (nSPS) is 29.5. The zero-order valence-corrected chi connectivity index (χ0v) is 46.5. The maximum atomic E-state index is 16.1. The Labute approximate surface area is 433 Å². The Balaban J connectivity index is 1.44. The number of hydrogen-bond acceptors (Lipinski definition) is 13. The number of benzene rings is 3. The van der Waals surface area contributed by atoms with E-state index in [0.29, 0.717) is 34.8 Å². The third-order valence-electron chi connectivity index (χ3n) is 17.8. The number of ether oxygens (including phenoxy) is 4. The summed E-state index contributed by atoms with van der Waals surface area (Å²) < 4.78 is 40.5. The molecule has 3 N–H and O–H groups in total. The van der Waals surface area contributed by atoms with Crippen LogP contribution in [0.4, 0.5) is 0 Å². The number of carbonyl (C=O) groups excluding carboxylic acids is 5. The molecular formula is C57H77NO13Si2. The number of ketones is 1. The summed E-state index contributed by atoms with van der Waals surface area (Å²) in [6, 6.07) is 29.1. The van der Waals surface area contributed by atoms with Gasteiger partial charge in [0, 0.05) is 30.7 Å². The Kier molecular flexibility index (Phi) is 16.7. The third kappa shape index (κ3) is 9.86. The van der Waals surface area contributed by atoms with Crippen LogP contribution in [0.25, 0.3) is 0 Å². The van der Waals surface area contributed by atoms with Crippen LogP contribution in [0.3, 0.4) is 0 Å². The van der Waals surface area contributed by atoms with Crippen LogP contribution in [0.2, 0.25) is 36.3 Å². The minimum absolute atomic E-state index is 0.0931. The molecular weight excluding hydrogens is 963 g/mol. The van der Waals surface area contributed by atoms with E-state index >= 15 is 9.59 Å². The molecule has 16 heteroatoms. The van der Waals surface area contributed by atoms with E-state index in [4.69, 9.17) is 27.8 Å². The lowest BCUT2D eigenvalue weighted by Gasteiger charge is -2.68.